The van der Waals surface area contributed by atoms with Crippen molar-refractivity contribution in [3.8, 4) is 0 Å². The van der Waals surface area contributed by atoms with Crippen molar-refractivity contribution in [1.29, 1.82) is 0 Å². The quantitative estimate of drug-likeness (QED) is 0.868. The number of hydrogen-bond acceptors (Lipinski definition) is 3. The topological polar surface area (TPSA) is 49.3 Å². The molecule has 0 aliphatic heterocycles. The van der Waals surface area contributed by atoms with Crippen LogP contribution in [0.15, 0.2) is 47.8 Å². The molecule has 18 heavy (non-hydrogen) atoms. The summed E-state index contributed by atoms with van der Waals surface area (Å²) in [5.74, 6) is -0.857. The largest absolute Gasteiger partial charge is 0.480 e. The average Bonchev–Trinajstić information content (AvgIpc) is 2.90. The Morgan fingerprint density at radius 2 is 1.94 bits per heavy atom. The van der Waals surface area contributed by atoms with Crippen LogP contribution >= 0.6 is 11.3 Å². The lowest BCUT2D eigenvalue weighted by atomic mass is 10.1. The Hall–Kier alpha value is -1.65. The molecule has 3 nitrogen and oxygen atoms in total. The molecule has 4 heteroatoms. The van der Waals surface area contributed by atoms with Gasteiger partial charge in [0.05, 0.1) is 0 Å². The minimum Gasteiger partial charge on any atom is -0.480 e. The first-order valence-electron chi connectivity index (χ1n) is 5.75. The van der Waals surface area contributed by atoms with Gasteiger partial charge in [0.25, 0.3) is 0 Å². The van der Waals surface area contributed by atoms with E-state index in [-0.39, 0.29) is 6.04 Å². The lowest BCUT2D eigenvalue weighted by Gasteiger charge is -2.19. The molecule has 0 aliphatic carbocycles. The highest BCUT2D eigenvalue weighted by atomic mass is 32.1. The maximum atomic E-state index is 11.3. The Kier molecular flexibility index (Phi) is 4.12. The van der Waals surface area contributed by atoms with Gasteiger partial charge in [0, 0.05) is 10.9 Å². The molecule has 1 aromatic heterocycles. The second-order valence-corrected chi connectivity index (χ2v) is 5.06. The third kappa shape index (κ3) is 2.97. The highest BCUT2D eigenvalue weighted by Gasteiger charge is 2.22. The molecule has 0 fully saturated rings. The first-order valence-corrected chi connectivity index (χ1v) is 6.63. The van der Waals surface area contributed by atoms with Gasteiger partial charge in [0.15, 0.2) is 0 Å². The van der Waals surface area contributed by atoms with Gasteiger partial charge in [-0.1, -0.05) is 36.4 Å². The average molecular weight is 261 g/mol. The Morgan fingerprint density at radius 1 is 1.22 bits per heavy atom. The van der Waals surface area contributed by atoms with Crippen LogP contribution in [0.4, 0.5) is 0 Å². The van der Waals surface area contributed by atoms with Crippen LogP contribution in [0, 0.1) is 0 Å². The zero-order valence-corrected chi connectivity index (χ0v) is 10.9. The predicted molar refractivity (Wildman–Crippen MR) is 72.7 cm³/mol. The summed E-state index contributed by atoms with van der Waals surface area (Å²) in [7, 11) is 0. The van der Waals surface area contributed by atoms with Crippen molar-refractivity contribution >= 4 is 17.3 Å². The summed E-state index contributed by atoms with van der Waals surface area (Å²) >= 11 is 1.62. The van der Waals surface area contributed by atoms with Gasteiger partial charge in [-0.2, -0.15) is 0 Å². The van der Waals surface area contributed by atoms with Crippen LogP contribution in [-0.4, -0.2) is 11.1 Å². The molecule has 94 valence electrons. The Labute approximate surface area is 110 Å². The van der Waals surface area contributed by atoms with Crippen LogP contribution in [0.2, 0.25) is 0 Å². The summed E-state index contributed by atoms with van der Waals surface area (Å²) in [4.78, 5) is 12.5. The Bertz CT molecular complexity index is 496. The monoisotopic (exact) mass is 261 g/mol. The SMILES string of the molecule is C[C@H](NC(C(=O)O)c1ccccc1)c1cccs1. The van der Waals surface area contributed by atoms with Gasteiger partial charge in [-0.25, -0.2) is 0 Å². The molecule has 0 saturated carbocycles. The van der Waals surface area contributed by atoms with Gasteiger partial charge in [0.1, 0.15) is 6.04 Å². The molecular weight excluding hydrogens is 246 g/mol. The first-order chi connectivity index (χ1) is 8.68. The zero-order valence-electron chi connectivity index (χ0n) is 10.0. The summed E-state index contributed by atoms with van der Waals surface area (Å²) in [6.45, 7) is 1.98. The molecule has 0 aliphatic rings. The van der Waals surface area contributed by atoms with Gasteiger partial charge in [0.2, 0.25) is 0 Å². The van der Waals surface area contributed by atoms with Gasteiger partial charge >= 0.3 is 5.97 Å². The number of aliphatic carboxylic acids is 1. The molecule has 1 unspecified atom stereocenters. The number of thiophene rings is 1. The number of hydrogen-bond donors (Lipinski definition) is 2. The Morgan fingerprint density at radius 3 is 2.50 bits per heavy atom. The van der Waals surface area contributed by atoms with E-state index in [0.29, 0.717) is 0 Å². The third-order valence-corrected chi connectivity index (χ3v) is 3.82. The van der Waals surface area contributed by atoms with E-state index in [4.69, 9.17) is 0 Å². The van der Waals surface area contributed by atoms with E-state index in [1.807, 2.05) is 54.8 Å². The summed E-state index contributed by atoms with van der Waals surface area (Å²) in [5, 5.41) is 14.5. The number of benzene rings is 1. The molecule has 1 heterocycles. The molecule has 0 bridgehead atoms. The number of carboxylic acids is 1. The van der Waals surface area contributed by atoms with E-state index < -0.39 is 12.0 Å². The highest BCUT2D eigenvalue weighted by Crippen LogP contribution is 2.23. The van der Waals surface area contributed by atoms with Crippen LogP contribution < -0.4 is 5.32 Å². The molecule has 0 saturated heterocycles. The van der Waals surface area contributed by atoms with Gasteiger partial charge < -0.3 is 5.11 Å². The van der Waals surface area contributed by atoms with Crippen molar-refractivity contribution in [3.05, 3.63) is 58.3 Å². The predicted octanol–water partition coefficient (Wildman–Crippen LogP) is 3.22. The van der Waals surface area contributed by atoms with Crippen LogP contribution in [0.25, 0.3) is 0 Å². The summed E-state index contributed by atoms with van der Waals surface area (Å²) in [6.07, 6.45) is 0. The summed E-state index contributed by atoms with van der Waals surface area (Å²) < 4.78 is 0. The maximum absolute atomic E-state index is 11.3. The lowest BCUT2D eigenvalue weighted by Crippen LogP contribution is -2.30. The molecule has 2 N–H and O–H groups in total. The van der Waals surface area contributed by atoms with E-state index in [1.54, 1.807) is 11.3 Å². The van der Waals surface area contributed by atoms with E-state index in [1.165, 1.54) is 0 Å². The standard InChI is InChI=1S/C14H15NO2S/c1-10(12-8-5-9-18-12)15-13(14(16)17)11-6-3-2-4-7-11/h2-10,13,15H,1H3,(H,16,17)/t10-,13?/m0/s1. The zero-order chi connectivity index (χ0) is 13.0. The number of rotatable bonds is 5. The van der Waals surface area contributed by atoms with E-state index >= 15 is 0 Å². The fourth-order valence-corrected chi connectivity index (χ4v) is 2.57. The van der Waals surface area contributed by atoms with Crippen molar-refractivity contribution in [2.75, 3.05) is 0 Å². The lowest BCUT2D eigenvalue weighted by molar-refractivity contribution is -0.139. The third-order valence-electron chi connectivity index (χ3n) is 2.77. The normalized spacial score (nSPS) is 14.1. The second kappa shape index (κ2) is 5.80. The molecule has 0 amide bonds. The minimum absolute atomic E-state index is 0.0197. The van der Waals surface area contributed by atoms with Gasteiger partial charge in [-0.3, -0.25) is 10.1 Å². The smallest absolute Gasteiger partial charge is 0.325 e. The van der Waals surface area contributed by atoms with Crippen LogP contribution in [0.5, 0.6) is 0 Å². The highest BCUT2D eigenvalue weighted by molar-refractivity contribution is 7.10. The van der Waals surface area contributed by atoms with Gasteiger partial charge in [-0.15, -0.1) is 11.3 Å². The van der Waals surface area contributed by atoms with Crippen LogP contribution in [-0.2, 0) is 4.79 Å². The molecule has 0 radical (unpaired) electrons. The molecule has 1 aromatic carbocycles. The summed E-state index contributed by atoms with van der Waals surface area (Å²) in [6, 6.07) is 12.5. The molecule has 0 spiro atoms. The molecule has 2 atom stereocenters. The van der Waals surface area contributed by atoms with E-state index in [0.717, 1.165) is 10.4 Å². The maximum Gasteiger partial charge on any atom is 0.325 e. The van der Waals surface area contributed by atoms with Crippen molar-refractivity contribution in [2.45, 2.75) is 19.0 Å². The first kappa shape index (κ1) is 12.8. The van der Waals surface area contributed by atoms with Crippen molar-refractivity contribution in [1.82, 2.24) is 5.32 Å². The fraction of sp³-hybridized carbons (Fsp3) is 0.214. The minimum atomic E-state index is -0.857. The van der Waals surface area contributed by atoms with E-state index in [2.05, 4.69) is 5.32 Å². The second-order valence-electron chi connectivity index (χ2n) is 4.09. The fourth-order valence-electron chi connectivity index (χ4n) is 1.83. The van der Waals surface area contributed by atoms with Crippen LogP contribution in [0.1, 0.15) is 29.4 Å². The number of carbonyl (C=O) groups is 1. The molecular formula is C14H15NO2S. The van der Waals surface area contributed by atoms with E-state index in [9.17, 15) is 9.90 Å². The Balaban J connectivity index is 2.15. The summed E-state index contributed by atoms with van der Waals surface area (Å²) in [5.41, 5.74) is 0.772. The van der Waals surface area contributed by atoms with Crippen LogP contribution in [0.3, 0.4) is 0 Å². The van der Waals surface area contributed by atoms with Crippen molar-refractivity contribution in [2.24, 2.45) is 0 Å². The van der Waals surface area contributed by atoms with Crippen molar-refractivity contribution in [3.63, 3.8) is 0 Å². The van der Waals surface area contributed by atoms with Crippen molar-refractivity contribution < 1.29 is 9.90 Å². The molecule has 2 rings (SSSR count). The molecule has 2 aromatic rings. The number of nitrogens with one attached hydrogen (secondary N) is 1. The number of carboxylic acid groups (broad SMARTS) is 1. The van der Waals surface area contributed by atoms with Gasteiger partial charge in [-0.05, 0) is 23.9 Å².